The zero-order valence-electron chi connectivity index (χ0n) is 12.2. The van der Waals surface area contributed by atoms with Crippen molar-refractivity contribution < 1.29 is 14.2 Å². The topological polar surface area (TPSA) is 43.0 Å². The van der Waals surface area contributed by atoms with Gasteiger partial charge in [0.25, 0.3) is 0 Å². The minimum Gasteiger partial charge on any atom is -0.385 e. The van der Waals surface area contributed by atoms with Crippen molar-refractivity contribution >= 4 is 0 Å². The summed E-state index contributed by atoms with van der Waals surface area (Å²) < 4.78 is 15.2. The average Bonchev–Trinajstić information content (AvgIpc) is 2.39. The van der Waals surface area contributed by atoms with Crippen LogP contribution in [0.15, 0.2) is 0 Å². The van der Waals surface area contributed by atoms with Crippen LogP contribution in [-0.2, 0) is 14.2 Å². The third-order valence-corrected chi connectivity index (χ3v) is 2.75. The van der Waals surface area contributed by atoms with Gasteiger partial charge in [-0.1, -0.05) is 0 Å². The molecule has 0 rings (SSSR count). The van der Waals surface area contributed by atoms with Gasteiger partial charge >= 0.3 is 0 Å². The van der Waals surface area contributed by atoms with Crippen molar-refractivity contribution in [1.29, 1.82) is 0 Å². The van der Waals surface area contributed by atoms with E-state index in [0.717, 1.165) is 65.4 Å². The zero-order chi connectivity index (χ0) is 13.5. The van der Waals surface area contributed by atoms with Crippen molar-refractivity contribution in [2.45, 2.75) is 12.8 Å². The van der Waals surface area contributed by atoms with E-state index in [1.54, 1.807) is 21.3 Å². The van der Waals surface area contributed by atoms with Crippen molar-refractivity contribution in [3.8, 4) is 0 Å². The lowest BCUT2D eigenvalue weighted by atomic mass is 10.3. The van der Waals surface area contributed by atoms with Crippen molar-refractivity contribution in [1.82, 2.24) is 10.2 Å². The van der Waals surface area contributed by atoms with Crippen molar-refractivity contribution in [3.63, 3.8) is 0 Å². The second-order valence-corrected chi connectivity index (χ2v) is 4.28. The standard InChI is InChI=1S/C13H30N2O3/c1-16-11-5-9-15(10-13-18-3)8-4-6-14-7-12-17-2/h14H,4-13H2,1-3H3. The maximum Gasteiger partial charge on any atom is 0.0589 e. The maximum absolute atomic E-state index is 5.13. The van der Waals surface area contributed by atoms with Crippen LogP contribution in [0.4, 0.5) is 0 Å². The first kappa shape index (κ1) is 17.8. The first-order chi connectivity index (χ1) is 8.85. The first-order valence-electron chi connectivity index (χ1n) is 6.75. The molecule has 5 nitrogen and oxygen atoms in total. The molecular formula is C13H30N2O3. The average molecular weight is 262 g/mol. The van der Waals surface area contributed by atoms with E-state index in [-0.39, 0.29) is 0 Å². The van der Waals surface area contributed by atoms with Crippen LogP contribution in [-0.4, -0.2) is 78.8 Å². The monoisotopic (exact) mass is 262 g/mol. The zero-order valence-corrected chi connectivity index (χ0v) is 12.2. The molecule has 0 saturated carbocycles. The van der Waals surface area contributed by atoms with Gasteiger partial charge in [0.05, 0.1) is 13.2 Å². The third-order valence-electron chi connectivity index (χ3n) is 2.75. The summed E-state index contributed by atoms with van der Waals surface area (Å²) >= 11 is 0. The highest BCUT2D eigenvalue weighted by atomic mass is 16.5. The van der Waals surface area contributed by atoms with Gasteiger partial charge < -0.3 is 24.4 Å². The Balaban J connectivity index is 3.51. The van der Waals surface area contributed by atoms with E-state index in [2.05, 4.69) is 10.2 Å². The molecule has 0 aromatic rings. The van der Waals surface area contributed by atoms with Gasteiger partial charge in [-0.2, -0.15) is 0 Å². The molecule has 0 aliphatic carbocycles. The van der Waals surface area contributed by atoms with Gasteiger partial charge in [-0.3, -0.25) is 0 Å². The molecular weight excluding hydrogens is 232 g/mol. The number of ether oxygens (including phenoxy) is 3. The number of hydrogen-bond donors (Lipinski definition) is 1. The van der Waals surface area contributed by atoms with E-state index in [0.29, 0.717) is 0 Å². The second-order valence-electron chi connectivity index (χ2n) is 4.28. The molecule has 18 heavy (non-hydrogen) atoms. The molecule has 0 unspecified atom stereocenters. The molecule has 0 bridgehead atoms. The Morgan fingerprint density at radius 1 is 0.722 bits per heavy atom. The SMILES string of the molecule is COCCCN(CCCNCCOC)CCOC. The van der Waals surface area contributed by atoms with Crippen LogP contribution in [0.3, 0.4) is 0 Å². The van der Waals surface area contributed by atoms with Crippen LogP contribution >= 0.6 is 0 Å². The van der Waals surface area contributed by atoms with Gasteiger partial charge in [0.15, 0.2) is 0 Å². The highest BCUT2D eigenvalue weighted by molar-refractivity contribution is 4.59. The number of nitrogens with one attached hydrogen (secondary N) is 1. The molecule has 0 saturated heterocycles. The lowest BCUT2D eigenvalue weighted by molar-refractivity contribution is 0.132. The minimum atomic E-state index is 0.779. The largest absolute Gasteiger partial charge is 0.385 e. The summed E-state index contributed by atoms with van der Waals surface area (Å²) in [5.41, 5.74) is 0. The second kappa shape index (κ2) is 14.9. The molecule has 110 valence electrons. The van der Waals surface area contributed by atoms with Crippen LogP contribution in [0.5, 0.6) is 0 Å². The number of hydrogen-bond acceptors (Lipinski definition) is 5. The summed E-state index contributed by atoms with van der Waals surface area (Å²) in [6.07, 6.45) is 2.23. The molecule has 5 heteroatoms. The molecule has 0 atom stereocenters. The molecule has 0 fully saturated rings. The minimum absolute atomic E-state index is 0.779. The van der Waals surface area contributed by atoms with E-state index in [9.17, 15) is 0 Å². The Morgan fingerprint density at radius 2 is 1.39 bits per heavy atom. The van der Waals surface area contributed by atoms with Crippen LogP contribution in [0, 0.1) is 0 Å². The van der Waals surface area contributed by atoms with Crippen molar-refractivity contribution in [2.75, 3.05) is 73.9 Å². The van der Waals surface area contributed by atoms with Crippen LogP contribution in [0.25, 0.3) is 0 Å². The van der Waals surface area contributed by atoms with E-state index >= 15 is 0 Å². The normalized spacial score (nSPS) is 11.3. The predicted molar refractivity (Wildman–Crippen MR) is 74.2 cm³/mol. The molecule has 0 aromatic carbocycles. The summed E-state index contributed by atoms with van der Waals surface area (Å²) in [6.45, 7) is 7.55. The first-order valence-corrected chi connectivity index (χ1v) is 6.75. The Hall–Kier alpha value is -0.200. The van der Waals surface area contributed by atoms with E-state index in [1.807, 2.05) is 0 Å². The van der Waals surface area contributed by atoms with E-state index in [1.165, 1.54) is 0 Å². The van der Waals surface area contributed by atoms with Gasteiger partial charge in [-0.05, 0) is 25.9 Å². The fourth-order valence-electron chi connectivity index (χ4n) is 1.72. The van der Waals surface area contributed by atoms with E-state index in [4.69, 9.17) is 14.2 Å². The van der Waals surface area contributed by atoms with Crippen LogP contribution < -0.4 is 5.32 Å². The van der Waals surface area contributed by atoms with E-state index < -0.39 is 0 Å². The van der Waals surface area contributed by atoms with Crippen molar-refractivity contribution in [3.05, 3.63) is 0 Å². The number of methoxy groups -OCH3 is 3. The van der Waals surface area contributed by atoms with Gasteiger partial charge in [0.1, 0.15) is 0 Å². The van der Waals surface area contributed by atoms with Gasteiger partial charge in [0.2, 0.25) is 0 Å². The lowest BCUT2D eigenvalue weighted by Crippen LogP contribution is -2.32. The van der Waals surface area contributed by atoms with Crippen LogP contribution in [0.2, 0.25) is 0 Å². The summed E-state index contributed by atoms with van der Waals surface area (Å²) in [4.78, 5) is 2.43. The molecule has 0 aliphatic heterocycles. The molecule has 0 amide bonds. The summed E-state index contributed by atoms with van der Waals surface area (Å²) in [5.74, 6) is 0. The van der Waals surface area contributed by atoms with Gasteiger partial charge in [-0.15, -0.1) is 0 Å². The summed E-state index contributed by atoms with van der Waals surface area (Å²) in [5, 5.41) is 3.36. The number of rotatable bonds is 14. The molecule has 0 aromatic heterocycles. The Labute approximate surface area is 112 Å². The smallest absolute Gasteiger partial charge is 0.0589 e. The Morgan fingerprint density at radius 3 is 2.06 bits per heavy atom. The number of nitrogens with zero attached hydrogens (tertiary/aromatic N) is 1. The molecule has 0 heterocycles. The molecule has 1 N–H and O–H groups in total. The van der Waals surface area contributed by atoms with Gasteiger partial charge in [0, 0.05) is 47.6 Å². The molecule has 0 radical (unpaired) electrons. The highest BCUT2D eigenvalue weighted by Gasteiger charge is 2.03. The summed E-state index contributed by atoms with van der Waals surface area (Å²) in [7, 11) is 5.23. The predicted octanol–water partition coefficient (Wildman–Crippen LogP) is 0.597. The third kappa shape index (κ3) is 12.3. The molecule has 0 spiro atoms. The Kier molecular flexibility index (Phi) is 14.7. The van der Waals surface area contributed by atoms with Crippen LogP contribution in [0.1, 0.15) is 12.8 Å². The molecule has 0 aliphatic rings. The highest BCUT2D eigenvalue weighted by Crippen LogP contribution is 1.95. The van der Waals surface area contributed by atoms with Gasteiger partial charge in [-0.25, -0.2) is 0 Å². The lowest BCUT2D eigenvalue weighted by Gasteiger charge is -2.21. The van der Waals surface area contributed by atoms with Crippen molar-refractivity contribution in [2.24, 2.45) is 0 Å². The summed E-state index contributed by atoms with van der Waals surface area (Å²) in [6, 6.07) is 0. The maximum atomic E-state index is 5.13. The fourth-order valence-corrected chi connectivity index (χ4v) is 1.72. The fraction of sp³-hybridized carbons (Fsp3) is 1.00. The Bertz CT molecular complexity index is 159. The quantitative estimate of drug-likeness (QED) is 0.464.